The predicted octanol–water partition coefficient (Wildman–Crippen LogP) is 1.89. The van der Waals surface area contributed by atoms with Gasteiger partial charge in [-0.25, -0.2) is 14.4 Å². The van der Waals surface area contributed by atoms with Crippen LogP contribution < -0.4 is 5.73 Å². The summed E-state index contributed by atoms with van der Waals surface area (Å²) in [5, 5.41) is 18.8. The van der Waals surface area contributed by atoms with Crippen LogP contribution in [0.5, 0.6) is 11.5 Å². The molecule has 0 aliphatic heterocycles. The molecule has 0 saturated heterocycles. The van der Waals surface area contributed by atoms with Crippen LogP contribution in [0, 0.1) is 5.82 Å². The van der Waals surface area contributed by atoms with Crippen molar-refractivity contribution < 1.29 is 14.6 Å². The maximum Gasteiger partial charge on any atom is 0.196 e. The summed E-state index contributed by atoms with van der Waals surface area (Å²) in [6.45, 7) is 3.69. The number of rotatable bonds is 1. The first kappa shape index (κ1) is 11.4. The Morgan fingerprint density at radius 3 is 2.53 bits per heavy atom. The van der Waals surface area contributed by atoms with Gasteiger partial charge in [0.2, 0.25) is 0 Å². The van der Waals surface area contributed by atoms with Crippen LogP contribution in [0.2, 0.25) is 0 Å². The zero-order chi connectivity index (χ0) is 12.7. The number of aromatic hydroxyl groups is 2. The lowest BCUT2D eigenvalue weighted by Crippen LogP contribution is -2.03. The number of nitrogens with zero attached hydrogens (tertiary/aromatic N) is 2. The highest BCUT2D eigenvalue weighted by molar-refractivity contribution is 5.91. The quantitative estimate of drug-likeness (QED) is 0.658. The number of nitrogens with two attached hydrogens (primary N) is 1. The number of phenols is 2. The van der Waals surface area contributed by atoms with Gasteiger partial charge in [0.05, 0.1) is 0 Å². The smallest absolute Gasteiger partial charge is 0.196 e. The van der Waals surface area contributed by atoms with E-state index in [2.05, 4.69) is 9.97 Å². The fourth-order valence-electron chi connectivity index (χ4n) is 1.50. The molecular weight excluding hydrogens is 225 g/mol. The zero-order valence-electron chi connectivity index (χ0n) is 9.40. The van der Waals surface area contributed by atoms with Crippen molar-refractivity contribution in [2.75, 3.05) is 5.73 Å². The van der Waals surface area contributed by atoms with Crippen LogP contribution in [0.3, 0.4) is 0 Å². The lowest BCUT2D eigenvalue weighted by Gasteiger charge is -2.09. The standard InChI is InChI=1S/C11H12FN3O2/c1-4(2)11-14-8-5(10(13)15-11)3-6(16)9(17)7(8)12/h3-4,16-17H,1-2H3,(H2,13,14,15). The Labute approximate surface area is 96.7 Å². The average Bonchev–Trinajstić information content (AvgIpc) is 2.27. The van der Waals surface area contributed by atoms with Crippen molar-refractivity contribution in [3.05, 3.63) is 17.7 Å². The molecule has 0 saturated carbocycles. The van der Waals surface area contributed by atoms with Crippen molar-refractivity contribution in [2.24, 2.45) is 0 Å². The highest BCUT2D eigenvalue weighted by atomic mass is 19.1. The van der Waals surface area contributed by atoms with Gasteiger partial charge in [0, 0.05) is 11.3 Å². The molecule has 0 aliphatic rings. The number of hydrogen-bond donors (Lipinski definition) is 3. The summed E-state index contributed by atoms with van der Waals surface area (Å²) in [4.78, 5) is 8.02. The summed E-state index contributed by atoms with van der Waals surface area (Å²) in [5.41, 5.74) is 5.59. The molecule has 0 aliphatic carbocycles. The van der Waals surface area contributed by atoms with Crippen molar-refractivity contribution in [3.63, 3.8) is 0 Å². The Morgan fingerprint density at radius 1 is 1.29 bits per heavy atom. The Balaban J connectivity index is 2.88. The van der Waals surface area contributed by atoms with Gasteiger partial charge in [-0.1, -0.05) is 13.8 Å². The van der Waals surface area contributed by atoms with Gasteiger partial charge in [-0.15, -0.1) is 0 Å². The van der Waals surface area contributed by atoms with Gasteiger partial charge in [-0.2, -0.15) is 0 Å². The molecule has 0 amide bonds. The van der Waals surface area contributed by atoms with Gasteiger partial charge in [0.15, 0.2) is 17.3 Å². The molecule has 4 N–H and O–H groups in total. The fraction of sp³-hybridized carbons (Fsp3) is 0.273. The Bertz CT molecular complexity index is 599. The van der Waals surface area contributed by atoms with Gasteiger partial charge in [0.1, 0.15) is 17.2 Å². The van der Waals surface area contributed by atoms with Gasteiger partial charge in [0.25, 0.3) is 0 Å². The number of phenolic OH excluding ortho intramolecular Hbond substituents is 2. The molecule has 1 heterocycles. The summed E-state index contributed by atoms with van der Waals surface area (Å²) < 4.78 is 13.7. The number of anilines is 1. The SMILES string of the molecule is CC(C)c1nc(N)c2cc(O)c(O)c(F)c2n1. The molecule has 0 spiro atoms. The second-order valence-electron chi connectivity index (χ2n) is 4.08. The number of halogens is 1. The van der Waals surface area contributed by atoms with Gasteiger partial charge < -0.3 is 15.9 Å². The van der Waals surface area contributed by atoms with Crippen LogP contribution in [0.4, 0.5) is 10.2 Å². The van der Waals surface area contributed by atoms with Crippen molar-refractivity contribution in [3.8, 4) is 11.5 Å². The maximum absolute atomic E-state index is 13.7. The van der Waals surface area contributed by atoms with E-state index >= 15 is 0 Å². The minimum Gasteiger partial charge on any atom is -0.504 e. The van der Waals surface area contributed by atoms with Crippen LogP contribution in [0.1, 0.15) is 25.6 Å². The van der Waals surface area contributed by atoms with Gasteiger partial charge in [-0.05, 0) is 6.07 Å². The molecule has 0 fully saturated rings. The second-order valence-corrected chi connectivity index (χ2v) is 4.08. The molecule has 5 nitrogen and oxygen atoms in total. The highest BCUT2D eigenvalue weighted by Crippen LogP contribution is 2.35. The van der Waals surface area contributed by atoms with Crippen LogP contribution >= 0.6 is 0 Å². The van der Waals surface area contributed by atoms with Crippen molar-refractivity contribution in [1.29, 1.82) is 0 Å². The van der Waals surface area contributed by atoms with Gasteiger partial charge >= 0.3 is 0 Å². The lowest BCUT2D eigenvalue weighted by molar-refractivity contribution is 0.381. The van der Waals surface area contributed by atoms with E-state index in [1.54, 1.807) is 0 Å². The molecule has 0 unspecified atom stereocenters. The molecular formula is C11H12FN3O2. The number of aromatic nitrogens is 2. The summed E-state index contributed by atoms with van der Waals surface area (Å²) in [6, 6.07) is 1.15. The Kier molecular flexibility index (Phi) is 2.49. The Morgan fingerprint density at radius 2 is 1.94 bits per heavy atom. The largest absolute Gasteiger partial charge is 0.504 e. The van der Waals surface area contributed by atoms with Crippen LogP contribution in [-0.2, 0) is 0 Å². The summed E-state index contributed by atoms with van der Waals surface area (Å²) in [6.07, 6.45) is 0. The summed E-state index contributed by atoms with van der Waals surface area (Å²) in [7, 11) is 0. The number of benzene rings is 1. The fourth-order valence-corrected chi connectivity index (χ4v) is 1.50. The van der Waals surface area contributed by atoms with Crippen molar-refractivity contribution >= 4 is 16.7 Å². The zero-order valence-corrected chi connectivity index (χ0v) is 9.40. The number of hydrogen-bond acceptors (Lipinski definition) is 5. The first-order valence-electron chi connectivity index (χ1n) is 5.09. The molecule has 2 aromatic rings. The van der Waals surface area contributed by atoms with Crippen LogP contribution in [0.25, 0.3) is 10.9 Å². The van der Waals surface area contributed by atoms with Crippen LogP contribution in [-0.4, -0.2) is 20.2 Å². The van der Waals surface area contributed by atoms with E-state index in [1.807, 2.05) is 13.8 Å². The molecule has 17 heavy (non-hydrogen) atoms. The van der Waals surface area contributed by atoms with E-state index in [-0.39, 0.29) is 22.6 Å². The third-order valence-electron chi connectivity index (χ3n) is 2.45. The number of fused-ring (bicyclic) bond motifs is 1. The molecule has 0 radical (unpaired) electrons. The van der Waals surface area contributed by atoms with Crippen LogP contribution in [0.15, 0.2) is 6.07 Å². The van der Waals surface area contributed by atoms with Crippen molar-refractivity contribution in [2.45, 2.75) is 19.8 Å². The highest BCUT2D eigenvalue weighted by Gasteiger charge is 2.17. The maximum atomic E-state index is 13.7. The minimum absolute atomic E-state index is 0.0166. The third kappa shape index (κ3) is 1.71. The number of nitrogen functional groups attached to an aromatic ring is 1. The molecule has 1 aromatic heterocycles. The first-order chi connectivity index (χ1) is 7.91. The normalized spacial score (nSPS) is 11.3. The molecule has 0 atom stereocenters. The van der Waals surface area contributed by atoms with E-state index in [0.717, 1.165) is 6.07 Å². The molecule has 0 bridgehead atoms. The van der Waals surface area contributed by atoms with E-state index < -0.39 is 17.3 Å². The summed E-state index contributed by atoms with van der Waals surface area (Å²) >= 11 is 0. The lowest BCUT2D eigenvalue weighted by atomic mass is 10.1. The Hall–Kier alpha value is -2.11. The summed E-state index contributed by atoms with van der Waals surface area (Å²) in [5.74, 6) is -1.95. The first-order valence-corrected chi connectivity index (χ1v) is 5.09. The third-order valence-corrected chi connectivity index (χ3v) is 2.45. The second kappa shape index (κ2) is 3.73. The molecule has 6 heteroatoms. The predicted molar refractivity (Wildman–Crippen MR) is 61.3 cm³/mol. The van der Waals surface area contributed by atoms with E-state index in [4.69, 9.17) is 5.73 Å². The van der Waals surface area contributed by atoms with Gasteiger partial charge in [-0.3, -0.25) is 0 Å². The van der Waals surface area contributed by atoms with E-state index in [1.165, 1.54) is 0 Å². The monoisotopic (exact) mass is 237 g/mol. The molecule has 90 valence electrons. The van der Waals surface area contributed by atoms with E-state index in [0.29, 0.717) is 5.82 Å². The molecule has 1 aromatic carbocycles. The average molecular weight is 237 g/mol. The van der Waals surface area contributed by atoms with E-state index in [9.17, 15) is 14.6 Å². The molecule has 2 rings (SSSR count). The minimum atomic E-state index is -0.990. The topological polar surface area (TPSA) is 92.3 Å². The van der Waals surface area contributed by atoms with Crippen molar-refractivity contribution in [1.82, 2.24) is 9.97 Å².